The molecular weight excluding hydrogens is 325 g/mol. The minimum atomic E-state index is -1.28. The second-order valence-corrected chi connectivity index (χ2v) is 7.01. The Bertz CT molecular complexity index is 945. The average molecular weight is 345 g/mol. The van der Waals surface area contributed by atoms with E-state index in [1.807, 2.05) is 23.4 Å². The standard InChI is InChI=1S/C18H20FN3O3/c1-10-7-11-15-12(17(23)13(18(24)25)9-22(10)15)8-14(19)16(11)21-5-3-20(2)4-6-21/h8-10H,3-7H2,1-2H3,(H,24,25)/t10-/m1/s1. The summed E-state index contributed by atoms with van der Waals surface area (Å²) in [4.78, 5) is 28.1. The fraction of sp³-hybridized carbons (Fsp3) is 0.444. The van der Waals surface area contributed by atoms with Gasteiger partial charge in [0, 0.05) is 49.4 Å². The van der Waals surface area contributed by atoms with Crippen molar-refractivity contribution in [3.05, 3.63) is 39.4 Å². The number of benzene rings is 1. The van der Waals surface area contributed by atoms with E-state index in [2.05, 4.69) is 4.90 Å². The first-order chi connectivity index (χ1) is 11.9. The molecule has 1 atom stereocenters. The number of carbonyl (C=O) groups is 1. The molecule has 3 heterocycles. The monoisotopic (exact) mass is 345 g/mol. The summed E-state index contributed by atoms with van der Waals surface area (Å²) in [5.41, 5.74) is 1.15. The zero-order valence-electron chi connectivity index (χ0n) is 14.3. The van der Waals surface area contributed by atoms with Crippen molar-refractivity contribution in [1.29, 1.82) is 0 Å². The highest BCUT2D eigenvalue weighted by Crippen LogP contribution is 2.39. The second kappa shape index (κ2) is 5.56. The lowest BCUT2D eigenvalue weighted by atomic mass is 10.0. The molecule has 1 aromatic carbocycles. The van der Waals surface area contributed by atoms with Crippen LogP contribution in [0, 0.1) is 5.82 Å². The van der Waals surface area contributed by atoms with Crippen LogP contribution in [-0.4, -0.2) is 53.8 Å². The smallest absolute Gasteiger partial charge is 0.341 e. The Labute approximate surface area is 144 Å². The molecule has 0 saturated carbocycles. The van der Waals surface area contributed by atoms with Crippen LogP contribution < -0.4 is 10.3 Å². The maximum absolute atomic E-state index is 15.0. The number of hydrogen-bond donors (Lipinski definition) is 1. The van der Waals surface area contributed by atoms with Gasteiger partial charge in [-0.15, -0.1) is 0 Å². The quantitative estimate of drug-likeness (QED) is 0.898. The molecule has 2 aliphatic heterocycles. The molecule has 0 radical (unpaired) electrons. The molecule has 0 bridgehead atoms. The van der Waals surface area contributed by atoms with Gasteiger partial charge in [-0.25, -0.2) is 9.18 Å². The number of nitrogens with zero attached hydrogens (tertiary/aromatic N) is 3. The van der Waals surface area contributed by atoms with Crippen molar-refractivity contribution in [3.8, 4) is 0 Å². The summed E-state index contributed by atoms with van der Waals surface area (Å²) >= 11 is 0. The van der Waals surface area contributed by atoms with Crippen LogP contribution in [0.4, 0.5) is 10.1 Å². The number of carboxylic acid groups (broad SMARTS) is 1. The normalized spacial score (nSPS) is 20.4. The number of carboxylic acids is 1. The Morgan fingerprint density at radius 3 is 2.60 bits per heavy atom. The molecule has 0 unspecified atom stereocenters. The Balaban J connectivity index is 1.97. The van der Waals surface area contributed by atoms with E-state index in [4.69, 9.17) is 0 Å². The van der Waals surface area contributed by atoms with Gasteiger partial charge in [-0.05, 0) is 26.5 Å². The molecule has 4 rings (SSSR count). The van der Waals surface area contributed by atoms with Crippen LogP contribution in [0.15, 0.2) is 17.1 Å². The first-order valence-electron chi connectivity index (χ1n) is 8.45. The maximum atomic E-state index is 15.0. The highest BCUT2D eigenvalue weighted by molar-refractivity contribution is 5.96. The van der Waals surface area contributed by atoms with E-state index in [0.29, 0.717) is 17.6 Å². The van der Waals surface area contributed by atoms with E-state index < -0.39 is 17.2 Å². The predicted molar refractivity (Wildman–Crippen MR) is 93.3 cm³/mol. The minimum absolute atomic E-state index is 0.00999. The van der Waals surface area contributed by atoms with Crippen molar-refractivity contribution in [1.82, 2.24) is 9.47 Å². The fourth-order valence-corrected chi connectivity index (χ4v) is 4.02. The zero-order valence-corrected chi connectivity index (χ0v) is 14.3. The Kier molecular flexibility index (Phi) is 3.57. The van der Waals surface area contributed by atoms with E-state index in [0.717, 1.165) is 31.7 Å². The Morgan fingerprint density at radius 1 is 1.28 bits per heavy atom. The highest BCUT2D eigenvalue weighted by Gasteiger charge is 2.31. The Hall–Kier alpha value is -2.41. The third-order valence-corrected chi connectivity index (χ3v) is 5.36. The van der Waals surface area contributed by atoms with Crippen molar-refractivity contribution in [2.45, 2.75) is 19.4 Å². The fourth-order valence-electron chi connectivity index (χ4n) is 4.02. The van der Waals surface area contributed by atoms with Crippen molar-refractivity contribution in [2.75, 3.05) is 38.1 Å². The number of halogens is 1. The largest absolute Gasteiger partial charge is 0.477 e. The van der Waals surface area contributed by atoms with E-state index in [1.165, 1.54) is 12.3 Å². The number of aromatic nitrogens is 1. The molecule has 1 saturated heterocycles. The van der Waals surface area contributed by atoms with Gasteiger partial charge >= 0.3 is 5.97 Å². The topological polar surface area (TPSA) is 65.8 Å². The number of pyridine rings is 1. The van der Waals surface area contributed by atoms with Crippen LogP contribution >= 0.6 is 0 Å². The molecule has 132 valence electrons. The van der Waals surface area contributed by atoms with Crippen molar-refractivity contribution >= 4 is 22.6 Å². The first-order valence-corrected chi connectivity index (χ1v) is 8.45. The van der Waals surface area contributed by atoms with Crippen LogP contribution in [0.25, 0.3) is 10.9 Å². The summed E-state index contributed by atoms with van der Waals surface area (Å²) in [5.74, 6) is -1.72. The summed E-state index contributed by atoms with van der Waals surface area (Å²) in [6, 6.07) is 1.21. The molecule has 25 heavy (non-hydrogen) atoms. The van der Waals surface area contributed by atoms with Gasteiger partial charge < -0.3 is 19.5 Å². The van der Waals surface area contributed by atoms with Crippen molar-refractivity contribution in [3.63, 3.8) is 0 Å². The van der Waals surface area contributed by atoms with Gasteiger partial charge in [-0.3, -0.25) is 4.79 Å². The molecule has 7 heteroatoms. The van der Waals surface area contributed by atoms with E-state index >= 15 is 0 Å². The number of hydrogen-bond acceptors (Lipinski definition) is 4. The number of rotatable bonds is 2. The molecule has 0 spiro atoms. The highest BCUT2D eigenvalue weighted by atomic mass is 19.1. The lowest BCUT2D eigenvalue weighted by Gasteiger charge is -2.35. The van der Waals surface area contributed by atoms with Crippen LogP contribution in [0.1, 0.15) is 28.9 Å². The molecular formula is C18H20FN3O3. The van der Waals surface area contributed by atoms with Crippen LogP contribution in [-0.2, 0) is 6.42 Å². The van der Waals surface area contributed by atoms with E-state index in [1.54, 1.807) is 0 Å². The summed E-state index contributed by atoms with van der Waals surface area (Å²) < 4.78 is 16.8. The van der Waals surface area contributed by atoms with Crippen LogP contribution in [0.5, 0.6) is 0 Å². The van der Waals surface area contributed by atoms with Crippen molar-refractivity contribution in [2.24, 2.45) is 0 Å². The number of anilines is 1. The van der Waals surface area contributed by atoms with Crippen LogP contribution in [0.3, 0.4) is 0 Å². The van der Waals surface area contributed by atoms with E-state index in [9.17, 15) is 19.1 Å². The molecule has 2 aromatic rings. The van der Waals surface area contributed by atoms with Crippen LogP contribution in [0.2, 0.25) is 0 Å². The number of likely N-dealkylation sites (N-methyl/N-ethyl adjacent to an activating group) is 1. The third kappa shape index (κ3) is 2.33. The summed E-state index contributed by atoms with van der Waals surface area (Å²) in [6.07, 6.45) is 2.00. The summed E-state index contributed by atoms with van der Waals surface area (Å²) in [7, 11) is 2.04. The molecule has 2 aliphatic rings. The first kappa shape index (κ1) is 16.1. The SMILES string of the molecule is C[C@@H]1Cc2c(N3CCN(C)CC3)c(F)cc3c(=O)c(C(=O)O)cn1c23. The number of piperazine rings is 1. The molecule has 1 fully saturated rings. The maximum Gasteiger partial charge on any atom is 0.341 e. The van der Waals surface area contributed by atoms with Gasteiger partial charge in [0.15, 0.2) is 0 Å². The van der Waals surface area contributed by atoms with Gasteiger partial charge in [0.1, 0.15) is 11.4 Å². The lowest BCUT2D eigenvalue weighted by Crippen LogP contribution is -2.45. The molecule has 0 aliphatic carbocycles. The van der Waals surface area contributed by atoms with Crippen molar-refractivity contribution < 1.29 is 14.3 Å². The van der Waals surface area contributed by atoms with E-state index in [-0.39, 0.29) is 17.0 Å². The predicted octanol–water partition coefficient (Wildman–Crippen LogP) is 1.71. The van der Waals surface area contributed by atoms with Gasteiger partial charge in [0.05, 0.1) is 11.2 Å². The molecule has 0 amide bonds. The third-order valence-electron chi connectivity index (χ3n) is 5.36. The van der Waals surface area contributed by atoms with Gasteiger partial charge in [0.25, 0.3) is 0 Å². The lowest BCUT2D eigenvalue weighted by molar-refractivity contribution is 0.0694. The zero-order chi connectivity index (χ0) is 17.9. The number of aromatic carboxylic acids is 1. The molecule has 6 nitrogen and oxygen atoms in total. The summed E-state index contributed by atoms with van der Waals surface area (Å²) in [6.45, 7) is 5.14. The van der Waals surface area contributed by atoms with Gasteiger partial charge in [-0.1, -0.05) is 0 Å². The summed E-state index contributed by atoms with van der Waals surface area (Å²) in [5, 5.41) is 9.44. The molecule has 1 aromatic heterocycles. The molecule has 1 N–H and O–H groups in total. The van der Waals surface area contributed by atoms with Gasteiger partial charge in [-0.2, -0.15) is 0 Å². The second-order valence-electron chi connectivity index (χ2n) is 7.01. The van der Waals surface area contributed by atoms with Gasteiger partial charge in [0.2, 0.25) is 5.43 Å². The average Bonchev–Trinajstić information content (AvgIpc) is 2.88. The minimum Gasteiger partial charge on any atom is -0.477 e. The Morgan fingerprint density at radius 2 is 1.96 bits per heavy atom.